The Hall–Kier alpha value is -3.55. The zero-order chi connectivity index (χ0) is 26.0. The molecule has 9 heteroatoms. The summed E-state index contributed by atoms with van der Waals surface area (Å²) >= 11 is 13.0. The number of nitrogens with zero attached hydrogens (tertiary/aromatic N) is 1. The van der Waals surface area contributed by atoms with Gasteiger partial charge < -0.3 is 19.7 Å². The van der Waals surface area contributed by atoms with Crippen LogP contribution < -0.4 is 15.0 Å². The van der Waals surface area contributed by atoms with Gasteiger partial charge in [0, 0.05) is 33.2 Å². The Morgan fingerprint density at radius 1 is 1.00 bits per heavy atom. The number of methoxy groups -OCH3 is 2. The maximum absolute atomic E-state index is 14.3. The van der Waals surface area contributed by atoms with Crippen LogP contribution in [0.3, 0.4) is 0 Å². The van der Waals surface area contributed by atoms with Crippen molar-refractivity contribution in [3.05, 3.63) is 93.0 Å². The molecule has 0 saturated carbocycles. The lowest BCUT2D eigenvalue weighted by Crippen LogP contribution is -2.53. The second kappa shape index (κ2) is 10.2. The third-order valence-corrected chi connectivity index (χ3v) is 6.75. The van der Waals surface area contributed by atoms with Gasteiger partial charge in [-0.25, -0.2) is 4.79 Å². The van der Waals surface area contributed by atoms with E-state index in [4.69, 9.17) is 32.7 Å². The second-order valence-corrected chi connectivity index (χ2v) is 9.05. The van der Waals surface area contributed by atoms with Crippen molar-refractivity contribution in [3.63, 3.8) is 0 Å². The third kappa shape index (κ3) is 4.29. The van der Waals surface area contributed by atoms with Crippen LogP contribution in [0.5, 0.6) is 5.75 Å². The lowest BCUT2D eigenvalue weighted by atomic mass is 9.83. The fraction of sp³-hybridized carbons (Fsp3) is 0.222. The van der Waals surface area contributed by atoms with Crippen molar-refractivity contribution in [2.75, 3.05) is 19.1 Å². The van der Waals surface area contributed by atoms with Crippen molar-refractivity contribution >= 4 is 46.7 Å². The number of ether oxygens (including phenoxy) is 2. The zero-order valence-electron chi connectivity index (χ0n) is 19.9. The van der Waals surface area contributed by atoms with E-state index in [0.717, 1.165) is 0 Å². The number of carbonyl (C=O) groups is 3. The fourth-order valence-electron chi connectivity index (χ4n) is 4.43. The number of rotatable bonds is 7. The maximum Gasteiger partial charge on any atom is 0.337 e. The molecular formula is C27H24Cl2N2O5. The zero-order valence-corrected chi connectivity index (χ0v) is 21.4. The molecule has 7 nitrogen and oxygen atoms in total. The number of fused-ring (bicyclic) bond motifs is 1. The van der Waals surface area contributed by atoms with Crippen molar-refractivity contribution in [1.29, 1.82) is 0 Å². The maximum atomic E-state index is 14.3. The average molecular weight is 527 g/mol. The van der Waals surface area contributed by atoms with Crippen LogP contribution in [0.15, 0.2) is 60.7 Å². The van der Waals surface area contributed by atoms with Crippen LogP contribution in [0, 0.1) is 0 Å². The van der Waals surface area contributed by atoms with Crippen LogP contribution in [-0.2, 0) is 26.4 Å². The summed E-state index contributed by atoms with van der Waals surface area (Å²) in [5.74, 6) is -0.809. The fourth-order valence-corrected chi connectivity index (χ4v) is 4.88. The molecule has 1 N–H and O–H groups in total. The first kappa shape index (κ1) is 25.5. The molecule has 36 heavy (non-hydrogen) atoms. The summed E-state index contributed by atoms with van der Waals surface area (Å²) in [5.41, 5.74) is 0.914. The van der Waals surface area contributed by atoms with Gasteiger partial charge in [0.25, 0.3) is 5.91 Å². The number of carbonyl (C=O) groups excluding carboxylic acids is 3. The predicted octanol–water partition coefficient (Wildman–Crippen LogP) is 5.11. The first-order valence-corrected chi connectivity index (χ1v) is 12.0. The summed E-state index contributed by atoms with van der Waals surface area (Å²) in [5, 5.41) is 3.68. The van der Waals surface area contributed by atoms with E-state index in [1.807, 2.05) is 0 Å². The second-order valence-electron chi connectivity index (χ2n) is 8.20. The first-order valence-electron chi connectivity index (χ1n) is 11.2. The minimum Gasteiger partial charge on any atom is -0.496 e. The van der Waals surface area contributed by atoms with E-state index in [-0.39, 0.29) is 18.9 Å². The molecule has 1 aliphatic rings. The molecule has 1 aliphatic heterocycles. The smallest absolute Gasteiger partial charge is 0.337 e. The van der Waals surface area contributed by atoms with Crippen LogP contribution >= 0.6 is 23.2 Å². The molecule has 0 aliphatic carbocycles. The molecule has 1 unspecified atom stereocenters. The molecule has 2 amide bonds. The number of halogens is 2. The van der Waals surface area contributed by atoms with Gasteiger partial charge in [0.05, 0.1) is 32.0 Å². The van der Waals surface area contributed by atoms with Gasteiger partial charge in [0.2, 0.25) is 5.91 Å². The molecule has 186 valence electrons. The normalized spacial score (nSPS) is 16.5. The van der Waals surface area contributed by atoms with Gasteiger partial charge in [-0.2, -0.15) is 0 Å². The molecular weight excluding hydrogens is 503 g/mol. The monoisotopic (exact) mass is 526 g/mol. The van der Waals surface area contributed by atoms with Crippen LogP contribution in [0.25, 0.3) is 0 Å². The van der Waals surface area contributed by atoms with Gasteiger partial charge in [0.1, 0.15) is 5.75 Å². The molecule has 3 aromatic rings. The molecule has 4 rings (SSSR count). The number of hydrogen-bond acceptors (Lipinski definition) is 5. The van der Waals surface area contributed by atoms with Crippen LogP contribution in [0.1, 0.15) is 40.4 Å². The van der Waals surface area contributed by atoms with E-state index in [0.29, 0.717) is 43.7 Å². The van der Waals surface area contributed by atoms with Gasteiger partial charge in [0.15, 0.2) is 5.54 Å². The van der Waals surface area contributed by atoms with Gasteiger partial charge in [-0.05, 0) is 36.4 Å². The summed E-state index contributed by atoms with van der Waals surface area (Å²) in [4.78, 5) is 40.6. The number of anilines is 1. The molecule has 0 saturated heterocycles. The number of esters is 1. The summed E-state index contributed by atoms with van der Waals surface area (Å²) in [7, 11) is 2.78. The molecule has 0 fully saturated rings. The Labute approximate surface area is 218 Å². The lowest BCUT2D eigenvalue weighted by molar-refractivity contribution is -0.130. The number of amides is 2. The highest BCUT2D eigenvalue weighted by atomic mass is 35.5. The van der Waals surface area contributed by atoms with Gasteiger partial charge in [-0.1, -0.05) is 54.4 Å². The van der Waals surface area contributed by atoms with E-state index in [2.05, 4.69) is 5.32 Å². The average Bonchev–Trinajstić information content (AvgIpc) is 3.11. The van der Waals surface area contributed by atoms with Crippen molar-refractivity contribution in [2.24, 2.45) is 0 Å². The Morgan fingerprint density at radius 3 is 2.42 bits per heavy atom. The molecule has 0 bridgehead atoms. The molecule has 1 heterocycles. The standard InChI is InChI=1S/C27H24Cl2N2O5/c1-4-24(32)30-27(19-7-5-6-8-21(19)29)20-14-18(28)11-12-22(20)31(26(27)34)15-17-10-9-16(25(33)36-3)13-23(17)35-2/h5-14H,4,15H2,1-3H3,(H,30,32). The summed E-state index contributed by atoms with van der Waals surface area (Å²) < 4.78 is 10.3. The Morgan fingerprint density at radius 2 is 1.75 bits per heavy atom. The minimum atomic E-state index is -1.58. The largest absolute Gasteiger partial charge is 0.496 e. The van der Waals surface area contributed by atoms with E-state index < -0.39 is 17.4 Å². The number of benzene rings is 3. The van der Waals surface area contributed by atoms with E-state index in [1.54, 1.807) is 72.5 Å². The Balaban J connectivity index is 1.89. The highest BCUT2D eigenvalue weighted by molar-refractivity contribution is 6.33. The van der Waals surface area contributed by atoms with E-state index >= 15 is 0 Å². The quantitative estimate of drug-likeness (QED) is 0.432. The Kier molecular flexibility index (Phi) is 7.24. The van der Waals surface area contributed by atoms with Crippen molar-refractivity contribution in [3.8, 4) is 5.75 Å². The number of hydrogen-bond donors (Lipinski definition) is 1. The third-order valence-electron chi connectivity index (χ3n) is 6.18. The number of nitrogens with one attached hydrogen (secondary N) is 1. The molecule has 1 atom stereocenters. The van der Waals surface area contributed by atoms with Crippen molar-refractivity contribution < 1.29 is 23.9 Å². The van der Waals surface area contributed by atoms with Crippen LogP contribution in [-0.4, -0.2) is 32.0 Å². The highest BCUT2D eigenvalue weighted by Crippen LogP contribution is 2.48. The lowest BCUT2D eigenvalue weighted by Gasteiger charge is -2.31. The van der Waals surface area contributed by atoms with Gasteiger partial charge in [-0.15, -0.1) is 0 Å². The van der Waals surface area contributed by atoms with Crippen LogP contribution in [0.2, 0.25) is 10.0 Å². The first-order chi connectivity index (χ1) is 17.3. The minimum absolute atomic E-state index is 0.103. The topological polar surface area (TPSA) is 84.9 Å². The highest BCUT2D eigenvalue weighted by Gasteiger charge is 2.54. The summed E-state index contributed by atoms with van der Waals surface area (Å²) in [6.45, 7) is 1.81. The van der Waals surface area contributed by atoms with Crippen molar-refractivity contribution in [1.82, 2.24) is 5.32 Å². The SMILES string of the molecule is CCC(=O)NC1(c2ccccc2Cl)C(=O)N(Cc2ccc(C(=O)OC)cc2OC)c2ccc(Cl)cc21. The molecule has 0 radical (unpaired) electrons. The summed E-state index contributed by atoms with van der Waals surface area (Å²) in [6, 6.07) is 16.9. The molecule has 3 aromatic carbocycles. The molecule has 0 aromatic heterocycles. The van der Waals surface area contributed by atoms with Gasteiger partial charge in [-0.3, -0.25) is 9.59 Å². The van der Waals surface area contributed by atoms with Crippen LogP contribution in [0.4, 0.5) is 5.69 Å². The van der Waals surface area contributed by atoms with Crippen molar-refractivity contribution in [2.45, 2.75) is 25.4 Å². The van der Waals surface area contributed by atoms with Gasteiger partial charge >= 0.3 is 5.97 Å². The van der Waals surface area contributed by atoms with E-state index in [9.17, 15) is 14.4 Å². The Bertz CT molecular complexity index is 1360. The summed E-state index contributed by atoms with van der Waals surface area (Å²) in [6.07, 6.45) is 0.165. The molecule has 0 spiro atoms. The predicted molar refractivity (Wildman–Crippen MR) is 138 cm³/mol. The van der Waals surface area contributed by atoms with E-state index in [1.165, 1.54) is 14.2 Å².